The van der Waals surface area contributed by atoms with Gasteiger partial charge in [0.2, 0.25) is 5.91 Å². The highest BCUT2D eigenvalue weighted by Gasteiger charge is 2.62. The summed E-state index contributed by atoms with van der Waals surface area (Å²) < 4.78 is 16.1. The zero-order valence-electron chi connectivity index (χ0n) is 27.1. The molecule has 0 bridgehead atoms. The van der Waals surface area contributed by atoms with E-state index in [-0.39, 0.29) is 41.3 Å². The fraction of sp³-hybridized carbons (Fsp3) is 0.471. The Morgan fingerprint density at radius 2 is 1.81 bits per heavy atom. The number of unbranched alkanes of at least 4 members (excludes halogenated alkanes) is 3. The van der Waals surface area contributed by atoms with Gasteiger partial charge in [0.05, 0.1) is 30.7 Å². The third-order valence-corrected chi connectivity index (χ3v) is 9.90. The molecule has 2 fully saturated rings. The number of non-ortho nitro benzene ring substituents is 1. The summed E-state index contributed by atoms with van der Waals surface area (Å²) in [4.78, 5) is 67.7. The molecule has 1 saturated heterocycles. The Morgan fingerprint density at radius 3 is 2.40 bits per heavy atom. The number of nitro benzene ring substituents is 1. The summed E-state index contributed by atoms with van der Waals surface area (Å²) in [7, 11) is 1.57. The smallest absolute Gasteiger partial charge is 0.338 e. The minimum atomic E-state index is -1.19. The van der Waals surface area contributed by atoms with Crippen molar-refractivity contribution in [2.45, 2.75) is 73.6 Å². The number of carbonyl (C=O) groups excluding carboxylic acids is 4. The van der Waals surface area contributed by atoms with Gasteiger partial charge in [0.1, 0.15) is 17.9 Å². The monoisotopic (exact) mass is 776 g/mol. The van der Waals surface area contributed by atoms with Gasteiger partial charge in [0.25, 0.3) is 5.69 Å². The largest absolute Gasteiger partial charge is 0.497 e. The topological polar surface area (TPSA) is 158 Å². The van der Waals surface area contributed by atoms with Gasteiger partial charge < -0.3 is 29.3 Å². The van der Waals surface area contributed by atoms with E-state index in [1.54, 1.807) is 18.9 Å². The van der Waals surface area contributed by atoms with Crippen LogP contribution in [0.25, 0.3) is 0 Å². The lowest BCUT2D eigenvalue weighted by atomic mass is 10.1. The molecule has 0 radical (unpaired) electrons. The fourth-order valence-electron chi connectivity index (χ4n) is 5.60. The molecule has 258 valence electrons. The van der Waals surface area contributed by atoms with E-state index >= 15 is 0 Å². The van der Waals surface area contributed by atoms with Crippen LogP contribution in [0.4, 0.5) is 10.5 Å². The minimum Gasteiger partial charge on any atom is -0.497 e. The van der Waals surface area contributed by atoms with E-state index in [4.69, 9.17) is 14.2 Å². The van der Waals surface area contributed by atoms with E-state index in [9.17, 15) is 29.3 Å². The van der Waals surface area contributed by atoms with Crippen molar-refractivity contribution in [3.05, 3.63) is 82.4 Å². The summed E-state index contributed by atoms with van der Waals surface area (Å²) in [6, 6.07) is 10.9. The molecule has 2 aromatic carbocycles. The number of carbonyl (C=O) groups is 4. The molecule has 13 nitrogen and oxygen atoms in total. The molecule has 48 heavy (non-hydrogen) atoms. The molecule has 0 aromatic heterocycles. The fourth-order valence-corrected chi connectivity index (χ4v) is 6.71. The SMILES string of the molecule is C=CCCCCCN(Cc1ccc(OC)cc1)C(=O)N1C[C@H](OC(=O)c2ccc([N+](=O)[O-])cc2)C[C@H]1C(=O)N[C@]1(C(=O)OCC)C[C@H]1I. The van der Waals surface area contributed by atoms with Gasteiger partial charge in [-0.1, -0.05) is 47.2 Å². The van der Waals surface area contributed by atoms with Crippen LogP contribution in [-0.4, -0.2) is 87.0 Å². The Morgan fingerprint density at radius 1 is 1.12 bits per heavy atom. The van der Waals surface area contributed by atoms with Crippen molar-refractivity contribution < 1.29 is 38.3 Å². The Bertz CT molecular complexity index is 1490. The number of benzene rings is 2. The number of likely N-dealkylation sites (tertiary alicyclic amines) is 1. The van der Waals surface area contributed by atoms with Crippen molar-refractivity contribution in [3.63, 3.8) is 0 Å². The molecule has 2 aromatic rings. The molecular formula is C34H41IN4O9. The number of nitrogens with one attached hydrogen (secondary N) is 1. The quantitative estimate of drug-likeness (QED) is 0.0461. The number of halogens is 1. The van der Waals surface area contributed by atoms with Crippen molar-refractivity contribution in [1.29, 1.82) is 0 Å². The maximum Gasteiger partial charge on any atom is 0.338 e. The lowest BCUT2D eigenvalue weighted by molar-refractivity contribution is -0.384. The molecule has 2 aliphatic rings. The predicted octanol–water partition coefficient (Wildman–Crippen LogP) is 5.20. The van der Waals surface area contributed by atoms with Crippen LogP contribution in [0.3, 0.4) is 0 Å². The third kappa shape index (κ3) is 9.02. The van der Waals surface area contributed by atoms with E-state index in [0.717, 1.165) is 31.2 Å². The van der Waals surface area contributed by atoms with Gasteiger partial charge in [-0.15, -0.1) is 6.58 Å². The number of methoxy groups -OCH3 is 1. The maximum absolute atomic E-state index is 14.3. The molecule has 1 saturated carbocycles. The number of nitrogens with zero attached hydrogens (tertiary/aromatic N) is 3. The van der Waals surface area contributed by atoms with E-state index in [2.05, 4.69) is 34.5 Å². The molecule has 1 heterocycles. The van der Waals surface area contributed by atoms with E-state index in [1.807, 2.05) is 30.3 Å². The molecule has 4 rings (SSSR count). The lowest BCUT2D eigenvalue weighted by Crippen LogP contribution is -2.55. The molecule has 1 aliphatic heterocycles. The number of nitro groups is 1. The predicted molar refractivity (Wildman–Crippen MR) is 185 cm³/mol. The van der Waals surface area contributed by atoms with Gasteiger partial charge in [-0.3, -0.25) is 14.9 Å². The molecule has 1 aliphatic carbocycles. The van der Waals surface area contributed by atoms with Crippen molar-refractivity contribution >= 4 is 52.2 Å². The zero-order chi connectivity index (χ0) is 34.8. The summed E-state index contributed by atoms with van der Waals surface area (Å²) in [6.07, 6.45) is 4.78. The first-order chi connectivity index (χ1) is 23.0. The number of allylic oxidation sites excluding steroid dienone is 1. The maximum atomic E-state index is 14.3. The zero-order valence-corrected chi connectivity index (χ0v) is 29.3. The summed E-state index contributed by atoms with van der Waals surface area (Å²) >= 11 is 2.09. The number of rotatable bonds is 16. The molecule has 0 unspecified atom stereocenters. The highest BCUT2D eigenvalue weighted by molar-refractivity contribution is 14.1. The first-order valence-corrected chi connectivity index (χ1v) is 17.2. The lowest BCUT2D eigenvalue weighted by Gasteiger charge is -2.32. The second kappa shape index (κ2) is 16.8. The average Bonchev–Trinajstić information content (AvgIpc) is 3.54. The van der Waals surface area contributed by atoms with Gasteiger partial charge >= 0.3 is 18.0 Å². The van der Waals surface area contributed by atoms with Crippen molar-refractivity contribution in [2.75, 3.05) is 26.8 Å². The van der Waals surface area contributed by atoms with Crippen LogP contribution in [0.15, 0.2) is 61.2 Å². The summed E-state index contributed by atoms with van der Waals surface area (Å²) in [5, 5.41) is 13.9. The normalized spacial score (nSPS) is 21.1. The van der Waals surface area contributed by atoms with Crippen LogP contribution in [0.2, 0.25) is 0 Å². The van der Waals surface area contributed by atoms with Crippen LogP contribution in [-0.2, 0) is 25.6 Å². The minimum absolute atomic E-state index is 0.00315. The second-order valence-corrected chi connectivity index (χ2v) is 13.3. The average molecular weight is 777 g/mol. The van der Waals surface area contributed by atoms with Crippen LogP contribution in [0.1, 0.15) is 61.4 Å². The number of hydrogen-bond donors (Lipinski definition) is 1. The molecule has 3 amide bonds. The van der Waals surface area contributed by atoms with E-state index in [1.165, 1.54) is 29.2 Å². The Balaban J connectivity index is 1.57. The first kappa shape index (κ1) is 36.6. The Labute approximate surface area is 293 Å². The highest BCUT2D eigenvalue weighted by atomic mass is 127. The number of hydrogen-bond acceptors (Lipinski definition) is 9. The number of ether oxygens (including phenoxy) is 3. The Hall–Kier alpha value is -4.21. The van der Waals surface area contributed by atoms with Crippen LogP contribution in [0, 0.1) is 10.1 Å². The van der Waals surface area contributed by atoms with Crippen LogP contribution in [0.5, 0.6) is 5.75 Å². The number of esters is 2. The molecule has 1 N–H and O–H groups in total. The third-order valence-electron chi connectivity index (χ3n) is 8.40. The van der Waals surface area contributed by atoms with Gasteiger partial charge in [-0.2, -0.15) is 0 Å². The van der Waals surface area contributed by atoms with Crippen molar-refractivity contribution in [2.24, 2.45) is 0 Å². The number of amides is 3. The Kier molecular flexibility index (Phi) is 12.8. The van der Waals surface area contributed by atoms with Gasteiger partial charge in [-0.25, -0.2) is 14.4 Å². The summed E-state index contributed by atoms with van der Waals surface area (Å²) in [5.74, 6) is -1.13. The highest BCUT2D eigenvalue weighted by Crippen LogP contribution is 2.44. The summed E-state index contributed by atoms with van der Waals surface area (Å²) in [5.41, 5.74) is -0.404. The standard InChI is InChI=1S/C34H41IN4O9/c1-4-6-7-8-9-18-37(21-23-10-16-26(46-3)17-11-23)33(43)38-22-27(48-31(41)24-12-14-25(15-13-24)39(44)45)19-28(38)30(40)36-34(20-29(34)35)32(42)47-5-2/h4,10-17,27-29H,1,5-9,18-22H2,2-3H3,(H,36,40)/t27-,28+,29-,34-/m1/s1. The second-order valence-electron chi connectivity index (χ2n) is 11.8. The van der Waals surface area contributed by atoms with E-state index < -0.39 is 46.5 Å². The van der Waals surface area contributed by atoms with Gasteiger partial charge in [0.15, 0.2) is 5.54 Å². The van der Waals surface area contributed by atoms with Gasteiger partial charge in [0, 0.05) is 35.6 Å². The molecule has 14 heteroatoms. The molecule has 0 spiro atoms. The number of alkyl halides is 1. The number of urea groups is 1. The molecule has 4 atom stereocenters. The van der Waals surface area contributed by atoms with Crippen LogP contribution < -0.4 is 10.1 Å². The summed E-state index contributed by atoms with van der Waals surface area (Å²) in [6.45, 7) is 6.24. The molecular weight excluding hydrogens is 735 g/mol. The first-order valence-electron chi connectivity index (χ1n) is 15.9. The van der Waals surface area contributed by atoms with Crippen LogP contribution >= 0.6 is 22.6 Å². The van der Waals surface area contributed by atoms with Crippen molar-refractivity contribution in [1.82, 2.24) is 15.1 Å². The van der Waals surface area contributed by atoms with Crippen molar-refractivity contribution in [3.8, 4) is 5.75 Å². The van der Waals surface area contributed by atoms with Gasteiger partial charge in [-0.05, 0) is 62.4 Å². The van der Waals surface area contributed by atoms with E-state index in [0.29, 0.717) is 18.7 Å².